The Morgan fingerprint density at radius 3 is 2.62 bits per heavy atom. The van der Waals surface area contributed by atoms with Crippen molar-refractivity contribution in [2.75, 3.05) is 27.4 Å². The molecule has 1 aromatic carbocycles. The van der Waals surface area contributed by atoms with Crippen molar-refractivity contribution in [3.05, 3.63) is 36.2 Å². The van der Waals surface area contributed by atoms with Gasteiger partial charge in [-0.3, -0.25) is 9.48 Å². The minimum atomic E-state index is -0.00266. The van der Waals surface area contributed by atoms with Crippen molar-refractivity contribution in [3.8, 4) is 11.4 Å². The van der Waals surface area contributed by atoms with Crippen LogP contribution in [0.2, 0.25) is 0 Å². The third-order valence-corrected chi connectivity index (χ3v) is 4.32. The number of hydrogen-bond acceptors (Lipinski definition) is 5. The van der Waals surface area contributed by atoms with E-state index in [2.05, 4.69) is 10.1 Å². The van der Waals surface area contributed by atoms with E-state index in [9.17, 15) is 4.79 Å². The Bertz CT molecular complexity index is 698. The average Bonchev–Trinajstić information content (AvgIpc) is 3.21. The molecule has 7 heteroatoms. The number of likely N-dealkylation sites (tertiary alicyclic amines) is 1. The van der Waals surface area contributed by atoms with E-state index in [1.165, 1.54) is 0 Å². The van der Waals surface area contributed by atoms with E-state index >= 15 is 0 Å². The largest absolute Gasteiger partial charge is 0.383 e. The van der Waals surface area contributed by atoms with Crippen LogP contribution in [-0.2, 0) is 16.5 Å². The normalized spacial score (nSPS) is 20.5. The lowest BCUT2D eigenvalue weighted by atomic mass is 10.1. The van der Waals surface area contributed by atoms with Crippen molar-refractivity contribution < 1.29 is 14.3 Å². The fourth-order valence-electron chi connectivity index (χ4n) is 3.04. The van der Waals surface area contributed by atoms with Crippen molar-refractivity contribution in [3.63, 3.8) is 0 Å². The van der Waals surface area contributed by atoms with Crippen molar-refractivity contribution >= 4 is 5.91 Å². The van der Waals surface area contributed by atoms with E-state index in [-0.39, 0.29) is 18.1 Å². The summed E-state index contributed by atoms with van der Waals surface area (Å²) < 4.78 is 12.3. The molecular formula is C17H22N4O3. The summed E-state index contributed by atoms with van der Waals surface area (Å²) in [5, 5.41) is 4.27. The Balaban J connectivity index is 1.76. The number of amides is 1. The van der Waals surface area contributed by atoms with Gasteiger partial charge in [0, 0.05) is 38.9 Å². The SMILES string of the molecule is COC[C@@H]1C[C@@H](OC)CN1C(=O)c1ccc(-c2ncn(C)n2)cc1. The van der Waals surface area contributed by atoms with Gasteiger partial charge in [0.15, 0.2) is 5.82 Å². The van der Waals surface area contributed by atoms with Gasteiger partial charge in [0.1, 0.15) is 6.33 Å². The molecule has 0 radical (unpaired) electrons. The van der Waals surface area contributed by atoms with Crippen LogP contribution < -0.4 is 0 Å². The standard InChI is InChI=1S/C17H22N4O3/c1-20-11-18-16(19-20)12-4-6-13(7-5-12)17(22)21-9-15(24-3)8-14(21)10-23-2/h4-7,11,14-15H,8-10H2,1-3H3/t14-,15+/m0/s1. The number of methoxy groups -OCH3 is 2. The van der Waals surface area contributed by atoms with E-state index in [1.807, 2.05) is 36.2 Å². The molecule has 1 aliphatic rings. The monoisotopic (exact) mass is 330 g/mol. The molecule has 0 spiro atoms. The molecule has 0 aliphatic carbocycles. The summed E-state index contributed by atoms with van der Waals surface area (Å²) in [5.74, 6) is 0.645. The van der Waals surface area contributed by atoms with Gasteiger partial charge in [-0.15, -0.1) is 0 Å². The smallest absolute Gasteiger partial charge is 0.254 e. The van der Waals surface area contributed by atoms with Crippen LogP contribution in [0.15, 0.2) is 30.6 Å². The first kappa shape index (κ1) is 16.6. The summed E-state index contributed by atoms with van der Waals surface area (Å²) in [7, 11) is 5.15. The van der Waals surface area contributed by atoms with Gasteiger partial charge in [-0.2, -0.15) is 5.10 Å². The van der Waals surface area contributed by atoms with Gasteiger partial charge in [-0.25, -0.2) is 4.98 Å². The molecule has 24 heavy (non-hydrogen) atoms. The molecule has 2 heterocycles. The first-order valence-electron chi connectivity index (χ1n) is 7.91. The van der Waals surface area contributed by atoms with Crippen LogP contribution in [-0.4, -0.2) is 65.1 Å². The molecule has 2 atom stereocenters. The number of carbonyl (C=O) groups excluding carboxylic acids is 1. The average molecular weight is 330 g/mol. The lowest BCUT2D eigenvalue weighted by molar-refractivity contribution is 0.0612. The molecule has 0 unspecified atom stereocenters. The summed E-state index contributed by atoms with van der Waals surface area (Å²) in [5.41, 5.74) is 1.53. The van der Waals surface area contributed by atoms with Crippen molar-refractivity contribution in [1.82, 2.24) is 19.7 Å². The molecule has 1 aliphatic heterocycles. The van der Waals surface area contributed by atoms with Gasteiger partial charge in [0.25, 0.3) is 5.91 Å². The van der Waals surface area contributed by atoms with E-state index in [4.69, 9.17) is 9.47 Å². The zero-order valence-corrected chi connectivity index (χ0v) is 14.2. The van der Waals surface area contributed by atoms with Crippen LogP contribution in [0.4, 0.5) is 0 Å². The second kappa shape index (κ2) is 7.11. The van der Waals surface area contributed by atoms with Crippen LogP contribution >= 0.6 is 0 Å². The highest BCUT2D eigenvalue weighted by molar-refractivity contribution is 5.95. The predicted molar refractivity (Wildman–Crippen MR) is 88.6 cm³/mol. The third kappa shape index (κ3) is 3.32. The Kier molecular flexibility index (Phi) is 4.92. The van der Waals surface area contributed by atoms with E-state index < -0.39 is 0 Å². The first-order valence-corrected chi connectivity index (χ1v) is 7.91. The number of aryl methyl sites for hydroxylation is 1. The molecule has 3 rings (SSSR count). The molecule has 1 amide bonds. The quantitative estimate of drug-likeness (QED) is 0.828. The van der Waals surface area contributed by atoms with Crippen LogP contribution in [0, 0.1) is 0 Å². The van der Waals surface area contributed by atoms with Crippen LogP contribution in [0.25, 0.3) is 11.4 Å². The zero-order valence-electron chi connectivity index (χ0n) is 14.2. The Morgan fingerprint density at radius 1 is 1.29 bits per heavy atom. The Morgan fingerprint density at radius 2 is 2.04 bits per heavy atom. The number of benzene rings is 1. The number of hydrogen-bond donors (Lipinski definition) is 0. The first-order chi connectivity index (χ1) is 11.6. The molecule has 0 saturated carbocycles. The third-order valence-electron chi connectivity index (χ3n) is 4.32. The molecule has 0 N–H and O–H groups in total. The highest BCUT2D eigenvalue weighted by Gasteiger charge is 2.35. The Labute approximate surface area is 141 Å². The lowest BCUT2D eigenvalue weighted by Gasteiger charge is -2.23. The summed E-state index contributed by atoms with van der Waals surface area (Å²) in [6.45, 7) is 1.11. The molecule has 7 nitrogen and oxygen atoms in total. The number of carbonyl (C=O) groups is 1. The molecule has 2 aromatic rings. The maximum atomic E-state index is 12.8. The summed E-state index contributed by atoms with van der Waals surface area (Å²) in [4.78, 5) is 18.9. The van der Waals surface area contributed by atoms with Crippen LogP contribution in [0.3, 0.4) is 0 Å². The highest BCUT2D eigenvalue weighted by atomic mass is 16.5. The second-order valence-electron chi connectivity index (χ2n) is 5.98. The van der Waals surface area contributed by atoms with Gasteiger partial charge in [0.05, 0.1) is 18.8 Å². The molecule has 1 fully saturated rings. The predicted octanol–water partition coefficient (Wildman–Crippen LogP) is 1.36. The zero-order chi connectivity index (χ0) is 17.1. The van der Waals surface area contributed by atoms with Gasteiger partial charge in [0.2, 0.25) is 0 Å². The molecule has 128 valence electrons. The van der Waals surface area contributed by atoms with Gasteiger partial charge >= 0.3 is 0 Å². The minimum Gasteiger partial charge on any atom is -0.383 e. The van der Waals surface area contributed by atoms with E-state index in [0.29, 0.717) is 24.5 Å². The Hall–Kier alpha value is -2.25. The topological polar surface area (TPSA) is 69.5 Å². The number of aromatic nitrogens is 3. The minimum absolute atomic E-state index is 0.00266. The number of ether oxygens (including phenoxy) is 2. The summed E-state index contributed by atoms with van der Waals surface area (Å²) in [6, 6.07) is 7.43. The molecule has 1 aromatic heterocycles. The van der Waals surface area contributed by atoms with Gasteiger partial charge < -0.3 is 14.4 Å². The van der Waals surface area contributed by atoms with Crippen LogP contribution in [0.5, 0.6) is 0 Å². The molecule has 1 saturated heterocycles. The maximum absolute atomic E-state index is 12.8. The fraction of sp³-hybridized carbons (Fsp3) is 0.471. The highest BCUT2D eigenvalue weighted by Crippen LogP contribution is 2.23. The van der Waals surface area contributed by atoms with Crippen LogP contribution in [0.1, 0.15) is 16.8 Å². The van der Waals surface area contributed by atoms with E-state index in [0.717, 1.165) is 12.0 Å². The molecular weight excluding hydrogens is 308 g/mol. The number of nitrogens with zero attached hydrogens (tertiary/aromatic N) is 4. The number of rotatable bonds is 5. The van der Waals surface area contributed by atoms with E-state index in [1.54, 1.807) is 25.2 Å². The van der Waals surface area contributed by atoms with Crippen molar-refractivity contribution in [1.29, 1.82) is 0 Å². The maximum Gasteiger partial charge on any atom is 0.254 e. The van der Waals surface area contributed by atoms with Gasteiger partial charge in [-0.05, 0) is 18.6 Å². The fourth-order valence-corrected chi connectivity index (χ4v) is 3.04. The van der Waals surface area contributed by atoms with Gasteiger partial charge in [-0.1, -0.05) is 12.1 Å². The van der Waals surface area contributed by atoms with Crippen molar-refractivity contribution in [2.45, 2.75) is 18.6 Å². The summed E-state index contributed by atoms with van der Waals surface area (Å²) in [6.07, 6.45) is 2.51. The summed E-state index contributed by atoms with van der Waals surface area (Å²) >= 11 is 0. The van der Waals surface area contributed by atoms with Crippen molar-refractivity contribution in [2.24, 2.45) is 7.05 Å². The second-order valence-corrected chi connectivity index (χ2v) is 5.98. The lowest BCUT2D eigenvalue weighted by Crippen LogP contribution is -2.38. The molecule has 0 bridgehead atoms.